The summed E-state index contributed by atoms with van der Waals surface area (Å²) in [5.41, 5.74) is 3.51. The Morgan fingerprint density at radius 2 is 1.77 bits per heavy atom. The second-order valence-electron chi connectivity index (χ2n) is 7.82. The molecule has 0 amide bonds. The van der Waals surface area contributed by atoms with Crippen molar-refractivity contribution in [3.63, 3.8) is 0 Å². The first-order chi connectivity index (χ1) is 15.0. The number of nitrogens with one attached hydrogen (secondary N) is 2. The summed E-state index contributed by atoms with van der Waals surface area (Å²) >= 11 is 0. The Kier molecular flexibility index (Phi) is 8.00. The smallest absolute Gasteiger partial charge is 0.191 e. The first-order valence-electron chi connectivity index (χ1n) is 10.6. The fourth-order valence-corrected chi connectivity index (χ4v) is 3.93. The van der Waals surface area contributed by atoms with Crippen molar-refractivity contribution >= 4 is 5.96 Å². The van der Waals surface area contributed by atoms with Crippen LogP contribution in [0.3, 0.4) is 0 Å². The first kappa shape index (κ1) is 22.7. The highest BCUT2D eigenvalue weighted by atomic mass is 16.5. The monoisotopic (exact) mass is 426 g/mol. The van der Waals surface area contributed by atoms with E-state index >= 15 is 0 Å². The van der Waals surface area contributed by atoms with Crippen LogP contribution in [0.15, 0.2) is 41.4 Å². The summed E-state index contributed by atoms with van der Waals surface area (Å²) in [6.45, 7) is 5.63. The summed E-state index contributed by atoms with van der Waals surface area (Å²) in [6.07, 6.45) is 1.07. The Morgan fingerprint density at radius 3 is 2.39 bits per heavy atom. The van der Waals surface area contributed by atoms with E-state index < -0.39 is 0 Å². The van der Waals surface area contributed by atoms with Gasteiger partial charge in [0.25, 0.3) is 0 Å². The van der Waals surface area contributed by atoms with E-state index in [0.717, 1.165) is 54.8 Å². The van der Waals surface area contributed by atoms with Crippen molar-refractivity contribution in [3.8, 4) is 17.2 Å². The summed E-state index contributed by atoms with van der Waals surface area (Å²) in [5.74, 6) is 3.37. The van der Waals surface area contributed by atoms with Crippen molar-refractivity contribution in [1.29, 1.82) is 0 Å². The third-order valence-corrected chi connectivity index (χ3v) is 5.57. The van der Waals surface area contributed by atoms with E-state index in [1.54, 1.807) is 21.3 Å². The number of ether oxygens (including phenoxy) is 3. The molecule has 1 aliphatic rings. The largest absolute Gasteiger partial charge is 0.497 e. The molecule has 3 rings (SSSR count). The number of nitrogens with zero attached hydrogens (tertiary/aromatic N) is 2. The molecule has 2 N–H and O–H groups in total. The second kappa shape index (κ2) is 10.9. The number of hydrogen-bond donors (Lipinski definition) is 2. The van der Waals surface area contributed by atoms with Crippen LogP contribution in [0.1, 0.15) is 23.1 Å². The van der Waals surface area contributed by atoms with Gasteiger partial charge in [-0.2, -0.15) is 0 Å². The molecule has 1 atom stereocenters. The van der Waals surface area contributed by atoms with Crippen LogP contribution in [-0.4, -0.2) is 58.4 Å². The molecular weight excluding hydrogens is 392 g/mol. The minimum Gasteiger partial charge on any atom is -0.497 e. The zero-order valence-corrected chi connectivity index (χ0v) is 19.2. The predicted molar refractivity (Wildman–Crippen MR) is 124 cm³/mol. The van der Waals surface area contributed by atoms with E-state index in [0.29, 0.717) is 12.6 Å². The summed E-state index contributed by atoms with van der Waals surface area (Å²) in [5, 5.41) is 6.98. The van der Waals surface area contributed by atoms with Crippen molar-refractivity contribution in [2.75, 3.05) is 41.5 Å². The molecule has 7 heteroatoms. The van der Waals surface area contributed by atoms with Crippen LogP contribution in [-0.2, 0) is 13.1 Å². The third-order valence-electron chi connectivity index (χ3n) is 5.57. The van der Waals surface area contributed by atoms with E-state index in [9.17, 15) is 0 Å². The fourth-order valence-electron chi connectivity index (χ4n) is 3.93. The van der Waals surface area contributed by atoms with Gasteiger partial charge in [-0.05, 0) is 48.2 Å². The second-order valence-corrected chi connectivity index (χ2v) is 7.82. The summed E-state index contributed by atoms with van der Waals surface area (Å²) in [4.78, 5) is 6.83. The Morgan fingerprint density at radius 1 is 1.03 bits per heavy atom. The van der Waals surface area contributed by atoms with Crippen molar-refractivity contribution in [2.24, 2.45) is 4.99 Å². The van der Waals surface area contributed by atoms with Crippen molar-refractivity contribution in [2.45, 2.75) is 32.5 Å². The Hall–Kier alpha value is -2.93. The van der Waals surface area contributed by atoms with E-state index in [1.165, 1.54) is 11.1 Å². The van der Waals surface area contributed by atoms with Gasteiger partial charge in [-0.1, -0.05) is 12.1 Å². The van der Waals surface area contributed by atoms with Gasteiger partial charge >= 0.3 is 0 Å². The molecule has 7 nitrogen and oxygen atoms in total. The Balaban J connectivity index is 1.51. The van der Waals surface area contributed by atoms with Crippen molar-refractivity contribution in [1.82, 2.24) is 15.5 Å². The topological polar surface area (TPSA) is 67.4 Å². The molecule has 0 aliphatic carbocycles. The Labute approximate surface area is 185 Å². The van der Waals surface area contributed by atoms with Crippen LogP contribution in [0.5, 0.6) is 17.2 Å². The first-order valence-corrected chi connectivity index (χ1v) is 10.6. The maximum absolute atomic E-state index is 5.39. The fraction of sp³-hybridized carbons (Fsp3) is 0.458. The number of guanidine groups is 1. The highest BCUT2D eigenvalue weighted by molar-refractivity contribution is 5.80. The molecule has 168 valence electrons. The summed E-state index contributed by atoms with van der Waals surface area (Å²) in [6, 6.07) is 12.6. The summed E-state index contributed by atoms with van der Waals surface area (Å²) in [7, 11) is 6.87. The third kappa shape index (κ3) is 6.28. The zero-order chi connectivity index (χ0) is 22.2. The molecule has 1 aliphatic heterocycles. The SMILES string of the molecule is CN=C(NCc1ccc(OC)c(C)c1)NC1CCN(Cc2cc(OC)cc(OC)c2)C1. The molecular formula is C24H34N4O3. The molecule has 0 saturated carbocycles. The molecule has 0 aromatic heterocycles. The minimum atomic E-state index is 0.358. The number of likely N-dealkylation sites (tertiary alicyclic amines) is 1. The van der Waals surface area contributed by atoms with Gasteiger partial charge in [0.1, 0.15) is 17.2 Å². The van der Waals surface area contributed by atoms with Crippen LogP contribution >= 0.6 is 0 Å². The van der Waals surface area contributed by atoms with E-state index in [1.807, 2.05) is 19.2 Å². The molecule has 0 radical (unpaired) electrons. The number of aryl methyl sites for hydroxylation is 1. The van der Waals surface area contributed by atoms with Gasteiger partial charge in [-0.25, -0.2) is 0 Å². The quantitative estimate of drug-likeness (QED) is 0.500. The predicted octanol–water partition coefficient (Wildman–Crippen LogP) is 2.96. The number of benzene rings is 2. The van der Waals surface area contributed by atoms with Crippen molar-refractivity contribution < 1.29 is 14.2 Å². The van der Waals surface area contributed by atoms with E-state index in [-0.39, 0.29) is 0 Å². The summed E-state index contributed by atoms with van der Waals surface area (Å²) < 4.78 is 16.1. The van der Waals surface area contributed by atoms with E-state index in [2.05, 4.69) is 51.7 Å². The molecule has 1 unspecified atom stereocenters. The lowest BCUT2D eigenvalue weighted by molar-refractivity contribution is 0.321. The number of hydrogen-bond acceptors (Lipinski definition) is 5. The van der Waals surface area contributed by atoms with Gasteiger partial charge in [-0.3, -0.25) is 9.89 Å². The van der Waals surface area contributed by atoms with E-state index in [4.69, 9.17) is 14.2 Å². The van der Waals surface area contributed by atoms with Crippen LogP contribution < -0.4 is 24.8 Å². The van der Waals surface area contributed by atoms with Gasteiger partial charge in [0.15, 0.2) is 5.96 Å². The molecule has 31 heavy (non-hydrogen) atoms. The van der Waals surface area contributed by atoms with Crippen molar-refractivity contribution in [3.05, 3.63) is 53.1 Å². The van der Waals surface area contributed by atoms with Gasteiger partial charge < -0.3 is 24.8 Å². The highest BCUT2D eigenvalue weighted by Gasteiger charge is 2.23. The maximum Gasteiger partial charge on any atom is 0.191 e. The van der Waals surface area contributed by atoms with Crippen LogP contribution in [0.25, 0.3) is 0 Å². The van der Waals surface area contributed by atoms with Gasteiger partial charge in [-0.15, -0.1) is 0 Å². The number of aliphatic imine (C=N–C) groups is 1. The lowest BCUT2D eigenvalue weighted by Gasteiger charge is -2.19. The average molecular weight is 427 g/mol. The molecule has 1 fully saturated rings. The van der Waals surface area contributed by atoms with Crippen LogP contribution in [0.4, 0.5) is 0 Å². The van der Waals surface area contributed by atoms with Gasteiger partial charge in [0.05, 0.1) is 21.3 Å². The molecule has 1 saturated heterocycles. The Bertz CT molecular complexity index is 878. The molecule has 0 spiro atoms. The zero-order valence-electron chi connectivity index (χ0n) is 19.2. The average Bonchev–Trinajstić information content (AvgIpc) is 3.22. The molecule has 0 bridgehead atoms. The van der Waals surface area contributed by atoms with Gasteiger partial charge in [0.2, 0.25) is 0 Å². The molecule has 1 heterocycles. The standard InChI is InChI=1S/C24H34N4O3/c1-17-10-18(6-7-23(17)31-5)14-26-24(25-2)27-20-8-9-28(16-20)15-19-11-21(29-3)13-22(12-19)30-4/h6-7,10-13,20H,8-9,14-16H2,1-5H3,(H2,25,26,27). The van der Waals surface area contributed by atoms with Gasteiger partial charge in [0, 0.05) is 45.3 Å². The lowest BCUT2D eigenvalue weighted by atomic mass is 10.1. The van der Waals surface area contributed by atoms with Crippen LogP contribution in [0.2, 0.25) is 0 Å². The lowest BCUT2D eigenvalue weighted by Crippen LogP contribution is -2.44. The molecule has 2 aromatic carbocycles. The minimum absolute atomic E-state index is 0.358. The highest BCUT2D eigenvalue weighted by Crippen LogP contribution is 2.24. The maximum atomic E-state index is 5.39. The molecule has 2 aromatic rings. The van der Waals surface area contributed by atoms with Crippen LogP contribution in [0, 0.1) is 6.92 Å². The number of rotatable bonds is 8. The number of methoxy groups -OCH3 is 3. The normalized spacial score (nSPS) is 16.8.